The number of nitrogens with two attached hydrogens (primary N) is 1. The van der Waals surface area contributed by atoms with Gasteiger partial charge in [-0.2, -0.15) is 10.5 Å². The number of nitriles is 2. The molecule has 0 saturated heterocycles. The highest BCUT2D eigenvalue weighted by Gasteiger charge is 2.17. The van der Waals surface area contributed by atoms with E-state index in [1.165, 1.54) is 12.3 Å². The van der Waals surface area contributed by atoms with Crippen LogP contribution < -0.4 is 5.73 Å². The number of nitrogen functional groups attached to an aromatic ring is 1. The average Bonchev–Trinajstić information content (AvgIpc) is 2.28. The van der Waals surface area contributed by atoms with Crippen LogP contribution in [0.1, 0.15) is 10.4 Å². The zero-order valence-corrected chi connectivity index (χ0v) is 8.42. The molecule has 2 N–H and O–H groups in total. The third-order valence-electron chi connectivity index (χ3n) is 1.88. The second-order valence-corrected chi connectivity index (χ2v) is 2.91. The molecule has 0 aliphatic heterocycles. The number of hydrogen-bond donors (Lipinski definition) is 1. The Morgan fingerprint density at radius 1 is 1.44 bits per heavy atom. The van der Waals surface area contributed by atoms with E-state index in [9.17, 15) is 4.79 Å². The van der Waals surface area contributed by atoms with Gasteiger partial charge in [0.05, 0.1) is 17.7 Å². The minimum absolute atomic E-state index is 0.0911. The molecule has 16 heavy (non-hydrogen) atoms. The first-order chi connectivity index (χ1) is 7.70. The molecule has 1 heterocycles. The van der Waals surface area contributed by atoms with Crippen molar-refractivity contribution in [2.75, 3.05) is 18.8 Å². The second-order valence-electron chi connectivity index (χ2n) is 2.91. The number of aromatic nitrogens is 1. The number of pyridine rings is 1. The van der Waals surface area contributed by atoms with E-state index in [2.05, 4.69) is 4.98 Å². The normalized spacial score (nSPS) is 8.88. The molecule has 1 aromatic heterocycles. The zero-order chi connectivity index (χ0) is 12.0. The molecular formula is C10H9N5O. The summed E-state index contributed by atoms with van der Waals surface area (Å²) < 4.78 is 0. The predicted octanol–water partition coefficient (Wildman–Crippen LogP) is 0.153. The molecule has 0 bridgehead atoms. The van der Waals surface area contributed by atoms with E-state index >= 15 is 0 Å². The minimum atomic E-state index is -0.464. The van der Waals surface area contributed by atoms with Crippen LogP contribution in [0.2, 0.25) is 0 Å². The Balaban J connectivity index is 2.96. The maximum Gasteiger partial charge on any atom is 0.259 e. The Labute approximate surface area is 92.5 Å². The molecule has 6 heteroatoms. The third kappa shape index (κ3) is 2.46. The Bertz CT molecular complexity index is 455. The lowest BCUT2D eigenvalue weighted by Crippen LogP contribution is -2.32. The number of amides is 1. The van der Waals surface area contributed by atoms with Gasteiger partial charge in [-0.25, -0.2) is 4.98 Å². The average molecular weight is 215 g/mol. The van der Waals surface area contributed by atoms with Gasteiger partial charge in [0, 0.05) is 6.20 Å². The Kier molecular flexibility index (Phi) is 3.82. The first-order valence-electron chi connectivity index (χ1n) is 4.44. The minimum Gasteiger partial charge on any atom is -0.383 e. The molecule has 0 saturated carbocycles. The van der Waals surface area contributed by atoms with Crippen LogP contribution in [0.15, 0.2) is 18.3 Å². The molecular weight excluding hydrogens is 206 g/mol. The van der Waals surface area contributed by atoms with Gasteiger partial charge in [0.1, 0.15) is 18.9 Å². The number of nitrogens with zero attached hydrogens (tertiary/aromatic N) is 4. The van der Waals surface area contributed by atoms with Crippen molar-refractivity contribution in [3.63, 3.8) is 0 Å². The summed E-state index contributed by atoms with van der Waals surface area (Å²) in [7, 11) is 0. The van der Waals surface area contributed by atoms with Gasteiger partial charge in [0.15, 0.2) is 0 Å². The topological polar surface area (TPSA) is 107 Å². The number of rotatable bonds is 3. The maximum absolute atomic E-state index is 11.8. The van der Waals surface area contributed by atoms with Crippen molar-refractivity contribution >= 4 is 11.7 Å². The molecule has 0 spiro atoms. The molecule has 1 rings (SSSR count). The van der Waals surface area contributed by atoms with Crippen LogP contribution >= 0.6 is 0 Å². The van der Waals surface area contributed by atoms with Gasteiger partial charge >= 0.3 is 0 Å². The van der Waals surface area contributed by atoms with Gasteiger partial charge in [-0.3, -0.25) is 4.79 Å². The van der Waals surface area contributed by atoms with Crippen molar-refractivity contribution in [3.05, 3.63) is 23.9 Å². The summed E-state index contributed by atoms with van der Waals surface area (Å²) in [4.78, 5) is 16.7. The van der Waals surface area contributed by atoms with Gasteiger partial charge in [0.2, 0.25) is 0 Å². The van der Waals surface area contributed by atoms with E-state index in [4.69, 9.17) is 16.3 Å². The van der Waals surface area contributed by atoms with Gasteiger partial charge in [-0.15, -0.1) is 0 Å². The quantitative estimate of drug-likeness (QED) is 0.722. The Hall–Kier alpha value is -2.60. The Morgan fingerprint density at radius 2 is 2.06 bits per heavy atom. The molecule has 0 atom stereocenters. The van der Waals surface area contributed by atoms with E-state index in [-0.39, 0.29) is 24.5 Å². The summed E-state index contributed by atoms with van der Waals surface area (Å²) in [6, 6.07) is 6.71. The van der Waals surface area contributed by atoms with E-state index < -0.39 is 5.91 Å². The summed E-state index contributed by atoms with van der Waals surface area (Å²) in [6.45, 7) is -0.304. The van der Waals surface area contributed by atoms with Gasteiger partial charge in [-0.1, -0.05) is 0 Å². The molecule has 80 valence electrons. The van der Waals surface area contributed by atoms with Crippen LogP contribution in [0.25, 0.3) is 0 Å². The first kappa shape index (κ1) is 11.5. The number of hydrogen-bond acceptors (Lipinski definition) is 5. The number of anilines is 1. The van der Waals surface area contributed by atoms with Crippen LogP contribution in [0.5, 0.6) is 0 Å². The first-order valence-corrected chi connectivity index (χ1v) is 4.44. The van der Waals surface area contributed by atoms with E-state index in [0.717, 1.165) is 4.90 Å². The summed E-state index contributed by atoms with van der Waals surface area (Å²) >= 11 is 0. The van der Waals surface area contributed by atoms with Crippen LogP contribution in [-0.4, -0.2) is 28.9 Å². The van der Waals surface area contributed by atoms with Crippen molar-refractivity contribution in [1.82, 2.24) is 9.88 Å². The van der Waals surface area contributed by atoms with Crippen LogP contribution in [0.3, 0.4) is 0 Å². The number of carbonyl (C=O) groups is 1. The van der Waals surface area contributed by atoms with E-state index in [0.29, 0.717) is 0 Å². The fraction of sp³-hybridized carbons (Fsp3) is 0.200. The summed E-state index contributed by atoms with van der Waals surface area (Å²) in [5.41, 5.74) is 5.73. The van der Waals surface area contributed by atoms with E-state index in [1.54, 1.807) is 6.07 Å². The Morgan fingerprint density at radius 3 is 2.56 bits per heavy atom. The second kappa shape index (κ2) is 5.32. The molecule has 0 fully saturated rings. The standard InChI is InChI=1S/C10H9N5O/c11-3-6-15(7-4-12)10(16)8-2-1-5-14-9(8)13/h1-2,5H,6-7H2,(H2,13,14). The molecule has 1 aromatic rings. The zero-order valence-electron chi connectivity index (χ0n) is 8.42. The SMILES string of the molecule is N#CCN(CC#N)C(=O)c1cccnc1N. The molecule has 0 aromatic carbocycles. The maximum atomic E-state index is 11.8. The van der Waals surface area contributed by atoms with Crippen LogP contribution in [0, 0.1) is 22.7 Å². The summed E-state index contributed by atoms with van der Waals surface area (Å²) in [5.74, 6) is -0.373. The molecule has 1 amide bonds. The third-order valence-corrected chi connectivity index (χ3v) is 1.88. The molecule has 0 aliphatic carbocycles. The van der Waals surface area contributed by atoms with E-state index in [1.807, 2.05) is 12.1 Å². The number of carbonyl (C=O) groups excluding carboxylic acids is 1. The van der Waals surface area contributed by atoms with Crippen LogP contribution in [0.4, 0.5) is 5.82 Å². The van der Waals surface area contributed by atoms with Gasteiger partial charge in [-0.05, 0) is 12.1 Å². The van der Waals surface area contributed by atoms with Gasteiger partial charge < -0.3 is 10.6 Å². The van der Waals surface area contributed by atoms with Crippen molar-refractivity contribution < 1.29 is 4.79 Å². The molecule has 0 radical (unpaired) electrons. The van der Waals surface area contributed by atoms with Crippen LogP contribution in [-0.2, 0) is 0 Å². The highest BCUT2D eigenvalue weighted by Crippen LogP contribution is 2.10. The van der Waals surface area contributed by atoms with Crippen molar-refractivity contribution in [2.45, 2.75) is 0 Å². The van der Waals surface area contributed by atoms with Crippen molar-refractivity contribution in [2.24, 2.45) is 0 Å². The highest BCUT2D eigenvalue weighted by molar-refractivity contribution is 5.98. The monoisotopic (exact) mass is 215 g/mol. The van der Waals surface area contributed by atoms with Crippen molar-refractivity contribution in [3.8, 4) is 12.1 Å². The molecule has 6 nitrogen and oxygen atoms in total. The lowest BCUT2D eigenvalue weighted by molar-refractivity contribution is 0.0795. The summed E-state index contributed by atoms with van der Waals surface area (Å²) in [6.07, 6.45) is 1.46. The predicted molar refractivity (Wildman–Crippen MR) is 55.8 cm³/mol. The van der Waals surface area contributed by atoms with Crippen molar-refractivity contribution in [1.29, 1.82) is 10.5 Å². The molecule has 0 aliphatic rings. The smallest absolute Gasteiger partial charge is 0.259 e. The molecule has 0 unspecified atom stereocenters. The lowest BCUT2D eigenvalue weighted by Gasteiger charge is -2.16. The summed E-state index contributed by atoms with van der Waals surface area (Å²) in [5, 5.41) is 17.1. The van der Waals surface area contributed by atoms with Gasteiger partial charge in [0.25, 0.3) is 5.91 Å². The lowest BCUT2D eigenvalue weighted by atomic mass is 10.2. The fourth-order valence-electron chi connectivity index (χ4n) is 1.14. The fourth-order valence-corrected chi connectivity index (χ4v) is 1.14. The highest BCUT2D eigenvalue weighted by atomic mass is 16.2. The largest absolute Gasteiger partial charge is 0.383 e.